The summed E-state index contributed by atoms with van der Waals surface area (Å²) in [4.78, 5) is 13.7. The van der Waals surface area contributed by atoms with Crippen LogP contribution in [-0.2, 0) is 6.54 Å². The van der Waals surface area contributed by atoms with E-state index in [0.29, 0.717) is 17.8 Å². The first kappa shape index (κ1) is 12.2. The number of hydrazine groups is 1. The van der Waals surface area contributed by atoms with Gasteiger partial charge in [-0.2, -0.15) is 0 Å². The average Bonchev–Trinajstić information content (AvgIpc) is 2.90. The number of benzene rings is 1. The lowest BCUT2D eigenvalue weighted by molar-refractivity contribution is 0.0775. The minimum atomic E-state index is -0.0801. The van der Waals surface area contributed by atoms with Crippen molar-refractivity contribution in [1.29, 1.82) is 0 Å². The van der Waals surface area contributed by atoms with Gasteiger partial charge in [0.25, 0.3) is 5.91 Å². The average molecular weight is 245 g/mol. The first-order valence-electron chi connectivity index (χ1n) is 5.55. The van der Waals surface area contributed by atoms with E-state index in [2.05, 4.69) is 5.43 Å². The molecule has 94 valence electrons. The predicted octanol–water partition coefficient (Wildman–Crippen LogP) is 1.84. The van der Waals surface area contributed by atoms with Crippen molar-refractivity contribution in [2.24, 2.45) is 5.84 Å². The Morgan fingerprint density at radius 1 is 1.39 bits per heavy atom. The minimum absolute atomic E-state index is 0.0801. The molecule has 0 saturated heterocycles. The molecule has 1 amide bonds. The number of nitrogen functional groups attached to an aromatic ring is 1. The van der Waals surface area contributed by atoms with Gasteiger partial charge in [0.2, 0.25) is 0 Å². The van der Waals surface area contributed by atoms with Crippen LogP contribution in [0.2, 0.25) is 0 Å². The maximum Gasteiger partial charge on any atom is 0.254 e. The zero-order valence-corrected chi connectivity index (χ0v) is 10.1. The van der Waals surface area contributed by atoms with Gasteiger partial charge in [-0.3, -0.25) is 10.6 Å². The fourth-order valence-corrected chi connectivity index (χ4v) is 1.67. The van der Waals surface area contributed by atoms with Crippen LogP contribution in [0.1, 0.15) is 16.1 Å². The van der Waals surface area contributed by atoms with E-state index in [9.17, 15) is 4.79 Å². The summed E-state index contributed by atoms with van der Waals surface area (Å²) in [6, 6.07) is 10.7. The molecule has 1 aromatic carbocycles. The lowest BCUT2D eigenvalue weighted by Crippen LogP contribution is -2.26. The second-order valence-electron chi connectivity index (χ2n) is 3.97. The standard InChI is InChI=1S/C13H15N3O2/c1-16(9-12-6-3-7-18-12)13(17)10-4-2-5-11(8-10)15-14/h2-8,15H,9,14H2,1H3. The molecule has 0 saturated carbocycles. The third-order valence-electron chi connectivity index (χ3n) is 2.60. The molecule has 18 heavy (non-hydrogen) atoms. The zero-order valence-electron chi connectivity index (χ0n) is 10.1. The zero-order chi connectivity index (χ0) is 13.0. The molecular formula is C13H15N3O2. The molecule has 0 aliphatic carbocycles. The number of anilines is 1. The molecule has 0 spiro atoms. The summed E-state index contributed by atoms with van der Waals surface area (Å²) in [5.74, 6) is 5.98. The maximum absolute atomic E-state index is 12.2. The molecule has 2 rings (SSSR count). The normalized spacial score (nSPS) is 10.1. The van der Waals surface area contributed by atoms with Crippen LogP contribution in [0.15, 0.2) is 47.1 Å². The van der Waals surface area contributed by atoms with Crippen LogP contribution in [0.25, 0.3) is 0 Å². The van der Waals surface area contributed by atoms with Crippen molar-refractivity contribution in [2.45, 2.75) is 6.54 Å². The number of nitrogens with zero attached hydrogens (tertiary/aromatic N) is 1. The van der Waals surface area contributed by atoms with E-state index >= 15 is 0 Å². The molecule has 0 radical (unpaired) electrons. The van der Waals surface area contributed by atoms with Gasteiger partial charge in [-0.25, -0.2) is 0 Å². The summed E-state index contributed by atoms with van der Waals surface area (Å²) in [5, 5.41) is 0. The van der Waals surface area contributed by atoms with Crippen LogP contribution in [0.4, 0.5) is 5.69 Å². The van der Waals surface area contributed by atoms with E-state index in [1.54, 1.807) is 48.5 Å². The molecule has 0 aliphatic heterocycles. The number of hydrogen-bond acceptors (Lipinski definition) is 4. The molecule has 0 fully saturated rings. The number of nitrogens with two attached hydrogens (primary N) is 1. The van der Waals surface area contributed by atoms with E-state index in [4.69, 9.17) is 10.3 Å². The van der Waals surface area contributed by atoms with Crippen molar-refractivity contribution in [3.05, 3.63) is 54.0 Å². The first-order valence-corrected chi connectivity index (χ1v) is 5.55. The van der Waals surface area contributed by atoms with E-state index in [1.165, 1.54) is 0 Å². The van der Waals surface area contributed by atoms with Gasteiger partial charge in [0.05, 0.1) is 12.8 Å². The Balaban J connectivity index is 2.10. The molecule has 1 aromatic heterocycles. The number of carbonyl (C=O) groups is 1. The van der Waals surface area contributed by atoms with Crippen molar-refractivity contribution in [1.82, 2.24) is 4.90 Å². The molecule has 3 N–H and O–H groups in total. The summed E-state index contributed by atoms with van der Waals surface area (Å²) < 4.78 is 5.21. The van der Waals surface area contributed by atoms with Gasteiger partial charge in [0.1, 0.15) is 5.76 Å². The first-order chi connectivity index (χ1) is 8.70. The van der Waals surface area contributed by atoms with Gasteiger partial charge < -0.3 is 14.7 Å². The van der Waals surface area contributed by atoms with Crippen LogP contribution >= 0.6 is 0 Å². The van der Waals surface area contributed by atoms with Crippen LogP contribution in [0.3, 0.4) is 0 Å². The Labute approximate surface area is 105 Å². The lowest BCUT2D eigenvalue weighted by Gasteiger charge is -2.16. The van der Waals surface area contributed by atoms with Crippen molar-refractivity contribution in [3.8, 4) is 0 Å². The second kappa shape index (κ2) is 5.37. The number of amides is 1. The molecule has 0 unspecified atom stereocenters. The Hall–Kier alpha value is -2.27. The quantitative estimate of drug-likeness (QED) is 0.637. The number of hydrogen-bond donors (Lipinski definition) is 2. The fraction of sp³-hybridized carbons (Fsp3) is 0.154. The molecule has 0 bridgehead atoms. The van der Waals surface area contributed by atoms with Gasteiger partial charge >= 0.3 is 0 Å². The lowest BCUT2D eigenvalue weighted by atomic mass is 10.2. The Morgan fingerprint density at radius 2 is 2.22 bits per heavy atom. The van der Waals surface area contributed by atoms with Gasteiger partial charge in [0.15, 0.2) is 0 Å². The van der Waals surface area contributed by atoms with Gasteiger partial charge in [-0.1, -0.05) is 6.07 Å². The summed E-state index contributed by atoms with van der Waals surface area (Å²) in [7, 11) is 1.73. The smallest absolute Gasteiger partial charge is 0.254 e. The fourth-order valence-electron chi connectivity index (χ4n) is 1.67. The monoisotopic (exact) mass is 245 g/mol. The number of carbonyl (C=O) groups excluding carboxylic acids is 1. The molecule has 5 nitrogen and oxygen atoms in total. The molecule has 0 aliphatic rings. The highest BCUT2D eigenvalue weighted by atomic mass is 16.3. The molecule has 0 atom stereocenters. The Morgan fingerprint density at radius 3 is 2.89 bits per heavy atom. The Bertz CT molecular complexity index is 523. The van der Waals surface area contributed by atoms with Crippen LogP contribution in [0.5, 0.6) is 0 Å². The van der Waals surface area contributed by atoms with E-state index in [0.717, 1.165) is 5.76 Å². The number of furan rings is 1. The molecule has 1 heterocycles. The van der Waals surface area contributed by atoms with Crippen LogP contribution in [0, 0.1) is 0 Å². The second-order valence-corrected chi connectivity index (χ2v) is 3.97. The van der Waals surface area contributed by atoms with E-state index in [1.807, 2.05) is 6.07 Å². The van der Waals surface area contributed by atoms with Crippen molar-refractivity contribution in [3.63, 3.8) is 0 Å². The van der Waals surface area contributed by atoms with Gasteiger partial charge in [-0.15, -0.1) is 0 Å². The predicted molar refractivity (Wildman–Crippen MR) is 68.8 cm³/mol. The third-order valence-corrected chi connectivity index (χ3v) is 2.60. The SMILES string of the molecule is CN(Cc1ccco1)C(=O)c1cccc(NN)c1. The van der Waals surface area contributed by atoms with Crippen LogP contribution < -0.4 is 11.3 Å². The largest absolute Gasteiger partial charge is 0.467 e. The van der Waals surface area contributed by atoms with Crippen molar-refractivity contribution in [2.75, 3.05) is 12.5 Å². The van der Waals surface area contributed by atoms with Crippen LogP contribution in [-0.4, -0.2) is 17.9 Å². The molecule has 5 heteroatoms. The Kier molecular flexibility index (Phi) is 3.64. The highest BCUT2D eigenvalue weighted by Crippen LogP contribution is 2.13. The maximum atomic E-state index is 12.2. The summed E-state index contributed by atoms with van der Waals surface area (Å²) in [6.45, 7) is 0.437. The highest BCUT2D eigenvalue weighted by molar-refractivity contribution is 5.94. The van der Waals surface area contributed by atoms with Crippen molar-refractivity contribution < 1.29 is 9.21 Å². The third kappa shape index (κ3) is 2.70. The summed E-state index contributed by atoms with van der Waals surface area (Å²) >= 11 is 0. The van der Waals surface area contributed by atoms with E-state index < -0.39 is 0 Å². The van der Waals surface area contributed by atoms with E-state index in [-0.39, 0.29) is 5.91 Å². The highest BCUT2D eigenvalue weighted by Gasteiger charge is 2.13. The molecular weight excluding hydrogens is 230 g/mol. The number of nitrogens with one attached hydrogen (secondary N) is 1. The van der Waals surface area contributed by atoms with Gasteiger partial charge in [-0.05, 0) is 30.3 Å². The number of rotatable bonds is 4. The van der Waals surface area contributed by atoms with Gasteiger partial charge in [0, 0.05) is 18.3 Å². The summed E-state index contributed by atoms with van der Waals surface area (Å²) in [5.41, 5.74) is 3.80. The topological polar surface area (TPSA) is 71.5 Å². The minimum Gasteiger partial charge on any atom is -0.467 e. The van der Waals surface area contributed by atoms with Crippen molar-refractivity contribution >= 4 is 11.6 Å². The summed E-state index contributed by atoms with van der Waals surface area (Å²) in [6.07, 6.45) is 1.59. The molecule has 2 aromatic rings.